The van der Waals surface area contributed by atoms with Crippen molar-refractivity contribution in [1.82, 2.24) is 24.9 Å². The predicted molar refractivity (Wildman–Crippen MR) is 85.2 cm³/mol. The number of nitrogens with one attached hydrogen (secondary N) is 2. The maximum atomic E-state index is 12.9. The second kappa shape index (κ2) is 6.83. The van der Waals surface area contributed by atoms with Crippen LogP contribution in [0, 0.1) is 0 Å². The largest absolute Gasteiger partial charge is 0.468 e. The van der Waals surface area contributed by atoms with Crippen molar-refractivity contribution in [3.63, 3.8) is 0 Å². The molecular weight excluding hydrogens is 312 g/mol. The summed E-state index contributed by atoms with van der Waals surface area (Å²) in [6.07, 6.45) is 6.38. The number of carbonyl (C=O) groups excluding carboxylic acids is 2. The highest BCUT2D eigenvalue weighted by Gasteiger charge is 2.42. The van der Waals surface area contributed by atoms with E-state index in [-0.39, 0.29) is 12.5 Å². The van der Waals surface area contributed by atoms with E-state index < -0.39 is 11.5 Å². The number of methoxy groups -OCH3 is 1. The quantitative estimate of drug-likeness (QED) is 0.746. The van der Waals surface area contributed by atoms with Crippen molar-refractivity contribution in [2.24, 2.45) is 0 Å². The summed E-state index contributed by atoms with van der Waals surface area (Å²) in [6.45, 7) is 1.48. The van der Waals surface area contributed by atoms with E-state index in [0.29, 0.717) is 18.7 Å². The maximum absolute atomic E-state index is 12.9. The summed E-state index contributed by atoms with van der Waals surface area (Å²) in [4.78, 5) is 24.2. The molecule has 24 heavy (non-hydrogen) atoms. The number of carbonyl (C=O) groups is 2. The van der Waals surface area contributed by atoms with Crippen molar-refractivity contribution in [3.8, 4) is 0 Å². The van der Waals surface area contributed by atoms with Crippen LogP contribution in [0.5, 0.6) is 0 Å². The fourth-order valence-electron chi connectivity index (χ4n) is 2.87. The number of rotatable bonds is 5. The van der Waals surface area contributed by atoms with Gasteiger partial charge in [0.2, 0.25) is 0 Å². The van der Waals surface area contributed by atoms with Gasteiger partial charge in [0.25, 0.3) is 5.91 Å². The molecule has 1 aliphatic rings. The summed E-state index contributed by atoms with van der Waals surface area (Å²) in [5, 5.41) is 14.6. The summed E-state index contributed by atoms with van der Waals surface area (Å²) in [6, 6.07) is 3.46. The molecule has 1 saturated heterocycles. The van der Waals surface area contributed by atoms with Gasteiger partial charge in [0, 0.05) is 24.7 Å². The molecule has 9 heteroatoms. The molecule has 0 radical (unpaired) electrons. The Morgan fingerprint density at radius 1 is 1.38 bits per heavy atom. The third-order valence-electron chi connectivity index (χ3n) is 4.20. The average Bonchev–Trinajstić information content (AvgIpc) is 3.27. The number of anilines is 1. The Morgan fingerprint density at radius 3 is 2.83 bits per heavy atom. The SMILES string of the molecule is COC(=O)Cn1ccc(NC(=O)C2(n3cccn3)CCNCC2)n1. The summed E-state index contributed by atoms with van der Waals surface area (Å²) in [7, 11) is 1.32. The van der Waals surface area contributed by atoms with E-state index in [1.807, 2.05) is 6.07 Å². The van der Waals surface area contributed by atoms with Gasteiger partial charge in [-0.25, -0.2) is 0 Å². The molecule has 0 aromatic carbocycles. The molecule has 0 aliphatic carbocycles. The van der Waals surface area contributed by atoms with Gasteiger partial charge in [-0.2, -0.15) is 10.2 Å². The summed E-state index contributed by atoms with van der Waals surface area (Å²) in [5.41, 5.74) is -0.735. The van der Waals surface area contributed by atoms with Crippen LogP contribution >= 0.6 is 0 Å². The molecule has 2 aromatic rings. The second-order valence-electron chi connectivity index (χ2n) is 5.66. The van der Waals surface area contributed by atoms with Gasteiger partial charge >= 0.3 is 5.97 Å². The molecule has 128 valence electrons. The van der Waals surface area contributed by atoms with Crippen molar-refractivity contribution < 1.29 is 14.3 Å². The third kappa shape index (κ3) is 3.16. The van der Waals surface area contributed by atoms with Crippen LogP contribution in [0.2, 0.25) is 0 Å². The molecule has 0 bridgehead atoms. The Kier molecular flexibility index (Phi) is 4.61. The number of piperidine rings is 1. The van der Waals surface area contributed by atoms with Crippen molar-refractivity contribution in [1.29, 1.82) is 0 Å². The average molecular weight is 332 g/mol. The highest BCUT2D eigenvalue weighted by atomic mass is 16.5. The lowest BCUT2D eigenvalue weighted by Gasteiger charge is -2.36. The molecule has 0 unspecified atom stereocenters. The molecule has 1 fully saturated rings. The summed E-state index contributed by atoms with van der Waals surface area (Å²) < 4.78 is 7.74. The Morgan fingerprint density at radius 2 is 2.17 bits per heavy atom. The van der Waals surface area contributed by atoms with Crippen LogP contribution in [0.4, 0.5) is 5.82 Å². The van der Waals surface area contributed by atoms with E-state index in [4.69, 9.17) is 0 Å². The van der Waals surface area contributed by atoms with Gasteiger partial charge in [0.15, 0.2) is 5.82 Å². The topological polar surface area (TPSA) is 103 Å². The number of aromatic nitrogens is 4. The smallest absolute Gasteiger partial charge is 0.327 e. The van der Waals surface area contributed by atoms with E-state index >= 15 is 0 Å². The van der Waals surface area contributed by atoms with Crippen molar-refractivity contribution >= 4 is 17.7 Å². The molecule has 2 aromatic heterocycles. The maximum Gasteiger partial charge on any atom is 0.327 e. The van der Waals surface area contributed by atoms with Crippen LogP contribution in [-0.2, 0) is 26.4 Å². The van der Waals surface area contributed by atoms with E-state index in [2.05, 4.69) is 25.6 Å². The minimum absolute atomic E-state index is 0.000585. The summed E-state index contributed by atoms with van der Waals surface area (Å²) in [5.74, 6) is -0.160. The zero-order chi connectivity index (χ0) is 17.0. The van der Waals surface area contributed by atoms with Gasteiger partial charge in [-0.05, 0) is 32.0 Å². The Hall–Kier alpha value is -2.68. The van der Waals surface area contributed by atoms with Gasteiger partial charge in [-0.1, -0.05) is 0 Å². The van der Waals surface area contributed by atoms with Gasteiger partial charge in [0.1, 0.15) is 12.1 Å². The minimum Gasteiger partial charge on any atom is -0.468 e. The Balaban J connectivity index is 1.76. The highest BCUT2D eigenvalue weighted by Crippen LogP contribution is 2.28. The zero-order valence-corrected chi connectivity index (χ0v) is 13.4. The van der Waals surface area contributed by atoms with Crippen LogP contribution in [0.25, 0.3) is 0 Å². The molecule has 1 aliphatic heterocycles. The Labute approximate surface area is 139 Å². The fourth-order valence-corrected chi connectivity index (χ4v) is 2.87. The molecule has 2 N–H and O–H groups in total. The first-order chi connectivity index (χ1) is 11.6. The van der Waals surface area contributed by atoms with E-state index in [0.717, 1.165) is 13.1 Å². The number of hydrogen-bond acceptors (Lipinski definition) is 6. The van der Waals surface area contributed by atoms with Crippen LogP contribution in [-0.4, -0.2) is 51.6 Å². The molecule has 0 saturated carbocycles. The van der Waals surface area contributed by atoms with Crippen molar-refractivity contribution in [2.45, 2.75) is 24.9 Å². The van der Waals surface area contributed by atoms with Gasteiger partial charge < -0.3 is 15.4 Å². The number of ether oxygens (including phenoxy) is 1. The number of esters is 1. The standard InChI is InChI=1S/C15H20N6O3/c1-24-13(22)11-20-10-3-12(19-20)18-14(23)15(4-7-16-8-5-15)21-9-2-6-17-21/h2-3,6,9-10,16H,4-5,7-8,11H2,1H3,(H,18,19,23). The first-order valence-electron chi connectivity index (χ1n) is 7.77. The van der Waals surface area contributed by atoms with Gasteiger partial charge in [0.05, 0.1) is 7.11 Å². The highest BCUT2D eigenvalue weighted by molar-refractivity contribution is 5.96. The van der Waals surface area contributed by atoms with E-state index in [1.54, 1.807) is 29.3 Å². The van der Waals surface area contributed by atoms with E-state index in [9.17, 15) is 9.59 Å². The predicted octanol–water partition coefficient (Wildman–Crippen LogP) is -0.0300. The summed E-state index contributed by atoms with van der Waals surface area (Å²) >= 11 is 0. The Bertz CT molecular complexity index is 703. The first kappa shape index (κ1) is 16.2. The zero-order valence-electron chi connectivity index (χ0n) is 13.4. The lowest BCUT2D eigenvalue weighted by atomic mass is 9.87. The molecule has 0 atom stereocenters. The van der Waals surface area contributed by atoms with Gasteiger partial charge in [-0.3, -0.25) is 19.0 Å². The lowest BCUT2D eigenvalue weighted by molar-refractivity contribution is -0.141. The third-order valence-corrected chi connectivity index (χ3v) is 4.20. The number of amides is 1. The number of hydrogen-bond donors (Lipinski definition) is 2. The number of nitrogens with zero attached hydrogens (tertiary/aromatic N) is 4. The lowest BCUT2D eigenvalue weighted by Crippen LogP contribution is -2.52. The molecule has 0 spiro atoms. The van der Waals surface area contributed by atoms with Crippen LogP contribution < -0.4 is 10.6 Å². The van der Waals surface area contributed by atoms with Crippen LogP contribution in [0.15, 0.2) is 30.7 Å². The molecule has 3 heterocycles. The van der Waals surface area contributed by atoms with E-state index in [1.165, 1.54) is 11.8 Å². The molecule has 3 rings (SSSR count). The monoisotopic (exact) mass is 332 g/mol. The minimum atomic E-state index is -0.735. The van der Waals surface area contributed by atoms with Crippen LogP contribution in [0.3, 0.4) is 0 Å². The molecular formula is C15H20N6O3. The first-order valence-corrected chi connectivity index (χ1v) is 7.77. The van der Waals surface area contributed by atoms with Crippen LogP contribution in [0.1, 0.15) is 12.8 Å². The normalized spacial score (nSPS) is 16.5. The molecule has 1 amide bonds. The van der Waals surface area contributed by atoms with Crippen molar-refractivity contribution in [3.05, 3.63) is 30.7 Å². The second-order valence-corrected chi connectivity index (χ2v) is 5.66. The fraction of sp³-hybridized carbons (Fsp3) is 0.467. The van der Waals surface area contributed by atoms with Gasteiger partial charge in [-0.15, -0.1) is 0 Å². The van der Waals surface area contributed by atoms with Crippen molar-refractivity contribution in [2.75, 3.05) is 25.5 Å². The molecule has 9 nitrogen and oxygen atoms in total.